The van der Waals surface area contributed by atoms with Crippen LogP contribution in [0.1, 0.15) is 114 Å². The van der Waals surface area contributed by atoms with Crippen LogP contribution in [-0.4, -0.2) is 10.2 Å². The SMILES string of the molecule is CCCCC(CC)CC1(CC(CC)CCCC)c2cc(CO)ccc2-c2ccc(CO)cc21. The Morgan fingerprint density at radius 3 is 1.42 bits per heavy atom. The molecule has 2 nitrogen and oxygen atoms in total. The molecular weight excluding hydrogens is 404 g/mol. The van der Waals surface area contributed by atoms with E-state index in [0.717, 1.165) is 24.0 Å². The first-order valence-electron chi connectivity index (χ1n) is 13.6. The van der Waals surface area contributed by atoms with Crippen LogP contribution in [0.3, 0.4) is 0 Å². The van der Waals surface area contributed by atoms with E-state index in [-0.39, 0.29) is 18.6 Å². The molecule has 0 radical (unpaired) electrons. The highest BCUT2D eigenvalue weighted by Crippen LogP contribution is 2.56. The molecule has 0 saturated heterocycles. The van der Waals surface area contributed by atoms with Crippen molar-refractivity contribution < 1.29 is 10.2 Å². The summed E-state index contributed by atoms with van der Waals surface area (Å²) in [5, 5.41) is 20.0. The molecule has 182 valence electrons. The van der Waals surface area contributed by atoms with Crippen LogP contribution >= 0.6 is 0 Å². The minimum Gasteiger partial charge on any atom is -0.392 e. The van der Waals surface area contributed by atoms with Crippen LogP contribution in [0.4, 0.5) is 0 Å². The average molecular weight is 451 g/mol. The van der Waals surface area contributed by atoms with Gasteiger partial charge in [-0.25, -0.2) is 0 Å². The molecule has 2 N–H and O–H groups in total. The van der Waals surface area contributed by atoms with Crippen molar-refractivity contribution in [1.82, 2.24) is 0 Å². The fraction of sp³-hybridized carbons (Fsp3) is 0.613. The summed E-state index contributed by atoms with van der Waals surface area (Å²) in [6, 6.07) is 13.2. The van der Waals surface area contributed by atoms with Gasteiger partial charge in [-0.15, -0.1) is 0 Å². The second-order valence-electron chi connectivity index (χ2n) is 10.4. The van der Waals surface area contributed by atoms with Crippen molar-refractivity contribution in [3.8, 4) is 11.1 Å². The average Bonchev–Trinajstić information content (AvgIpc) is 3.12. The van der Waals surface area contributed by atoms with E-state index in [0.29, 0.717) is 11.8 Å². The summed E-state index contributed by atoms with van der Waals surface area (Å²) in [6.07, 6.45) is 12.4. The molecule has 2 atom stereocenters. The quantitative estimate of drug-likeness (QED) is 0.305. The van der Waals surface area contributed by atoms with Gasteiger partial charge in [0.15, 0.2) is 0 Å². The first-order valence-corrected chi connectivity index (χ1v) is 13.6. The van der Waals surface area contributed by atoms with Gasteiger partial charge in [0.25, 0.3) is 0 Å². The zero-order chi connectivity index (χ0) is 23.8. The Hall–Kier alpha value is -1.64. The summed E-state index contributed by atoms with van der Waals surface area (Å²) in [6.45, 7) is 9.47. The Balaban J connectivity index is 2.20. The summed E-state index contributed by atoms with van der Waals surface area (Å²) in [5.41, 5.74) is 7.50. The third-order valence-corrected chi connectivity index (χ3v) is 8.22. The largest absolute Gasteiger partial charge is 0.392 e. The van der Waals surface area contributed by atoms with E-state index in [1.165, 1.54) is 73.6 Å². The van der Waals surface area contributed by atoms with E-state index in [9.17, 15) is 10.2 Å². The van der Waals surface area contributed by atoms with Gasteiger partial charge in [-0.1, -0.05) is 115 Å². The Morgan fingerprint density at radius 2 is 1.09 bits per heavy atom. The predicted octanol–water partition coefficient (Wildman–Crippen LogP) is 8.15. The fourth-order valence-corrected chi connectivity index (χ4v) is 6.18. The maximum atomic E-state index is 9.99. The molecule has 0 fully saturated rings. The Labute approximate surface area is 202 Å². The van der Waals surface area contributed by atoms with Crippen molar-refractivity contribution >= 4 is 0 Å². The van der Waals surface area contributed by atoms with E-state index >= 15 is 0 Å². The smallest absolute Gasteiger partial charge is 0.0681 e. The summed E-state index contributed by atoms with van der Waals surface area (Å²) in [5.74, 6) is 1.37. The van der Waals surface area contributed by atoms with Crippen LogP contribution in [0.2, 0.25) is 0 Å². The highest BCUT2D eigenvalue weighted by molar-refractivity contribution is 5.81. The zero-order valence-corrected chi connectivity index (χ0v) is 21.5. The summed E-state index contributed by atoms with van der Waals surface area (Å²) < 4.78 is 0. The molecule has 2 aromatic rings. The Morgan fingerprint density at radius 1 is 0.667 bits per heavy atom. The van der Waals surface area contributed by atoms with Crippen LogP contribution in [0.15, 0.2) is 36.4 Å². The molecule has 2 unspecified atom stereocenters. The van der Waals surface area contributed by atoms with E-state index in [1.54, 1.807) is 0 Å². The molecular formula is C31H46O2. The number of rotatable bonds is 14. The number of benzene rings is 2. The monoisotopic (exact) mass is 450 g/mol. The number of hydrogen-bond donors (Lipinski definition) is 2. The molecule has 0 spiro atoms. The normalized spacial score (nSPS) is 15.8. The summed E-state index contributed by atoms with van der Waals surface area (Å²) in [4.78, 5) is 0. The molecule has 3 rings (SSSR count). The molecule has 0 heterocycles. The summed E-state index contributed by atoms with van der Waals surface area (Å²) >= 11 is 0. The van der Waals surface area contributed by atoms with Gasteiger partial charge in [0.05, 0.1) is 13.2 Å². The first-order chi connectivity index (χ1) is 16.1. The van der Waals surface area contributed by atoms with Crippen LogP contribution in [-0.2, 0) is 18.6 Å². The molecule has 1 aliphatic carbocycles. The van der Waals surface area contributed by atoms with Gasteiger partial charge in [-0.05, 0) is 58.1 Å². The molecule has 0 amide bonds. The number of aliphatic hydroxyl groups excluding tert-OH is 2. The lowest BCUT2D eigenvalue weighted by Gasteiger charge is -2.39. The Kier molecular flexibility index (Phi) is 9.58. The van der Waals surface area contributed by atoms with Gasteiger partial charge < -0.3 is 10.2 Å². The Bertz CT molecular complexity index is 811. The lowest BCUT2D eigenvalue weighted by molar-refractivity contribution is 0.262. The van der Waals surface area contributed by atoms with Crippen LogP contribution in [0.25, 0.3) is 11.1 Å². The first kappa shape index (κ1) is 26.0. The van der Waals surface area contributed by atoms with E-state index in [4.69, 9.17) is 0 Å². The highest BCUT2D eigenvalue weighted by atomic mass is 16.3. The minimum atomic E-state index is -0.0378. The number of aliphatic hydroxyl groups is 2. The standard InChI is InChI=1S/C31H46O2/c1-5-9-11-23(7-3)19-31(20-24(8-4)12-10-6-2)29-17-25(21-32)13-15-27(29)28-16-14-26(22-33)18-30(28)31/h13-18,23-24,32-33H,5-12,19-22H2,1-4H3. The molecule has 0 aromatic heterocycles. The summed E-state index contributed by atoms with van der Waals surface area (Å²) in [7, 11) is 0. The van der Waals surface area contributed by atoms with Gasteiger partial charge >= 0.3 is 0 Å². The fourth-order valence-electron chi connectivity index (χ4n) is 6.18. The van der Waals surface area contributed by atoms with Crippen molar-refractivity contribution in [2.45, 2.75) is 111 Å². The van der Waals surface area contributed by atoms with Gasteiger partial charge in [0.2, 0.25) is 0 Å². The second kappa shape index (κ2) is 12.2. The second-order valence-corrected chi connectivity index (χ2v) is 10.4. The predicted molar refractivity (Wildman–Crippen MR) is 140 cm³/mol. The topological polar surface area (TPSA) is 40.5 Å². The molecule has 2 heteroatoms. The molecule has 0 saturated carbocycles. The zero-order valence-electron chi connectivity index (χ0n) is 21.5. The third-order valence-electron chi connectivity index (χ3n) is 8.22. The maximum Gasteiger partial charge on any atom is 0.0681 e. The van der Waals surface area contributed by atoms with E-state index < -0.39 is 0 Å². The molecule has 1 aliphatic rings. The van der Waals surface area contributed by atoms with E-state index in [1.807, 2.05) is 0 Å². The third kappa shape index (κ3) is 5.54. The van der Waals surface area contributed by atoms with Crippen LogP contribution < -0.4 is 0 Å². The van der Waals surface area contributed by atoms with Crippen molar-refractivity contribution in [1.29, 1.82) is 0 Å². The number of hydrogen-bond acceptors (Lipinski definition) is 2. The van der Waals surface area contributed by atoms with Gasteiger partial charge in [0, 0.05) is 5.41 Å². The number of unbranched alkanes of at least 4 members (excludes halogenated alkanes) is 2. The lowest BCUT2D eigenvalue weighted by Crippen LogP contribution is -2.32. The van der Waals surface area contributed by atoms with Gasteiger partial charge in [0.1, 0.15) is 0 Å². The molecule has 0 bridgehead atoms. The van der Waals surface area contributed by atoms with Crippen molar-refractivity contribution in [2.75, 3.05) is 0 Å². The van der Waals surface area contributed by atoms with Crippen molar-refractivity contribution in [3.63, 3.8) is 0 Å². The molecule has 0 aliphatic heterocycles. The minimum absolute atomic E-state index is 0.0378. The molecule has 33 heavy (non-hydrogen) atoms. The van der Waals surface area contributed by atoms with Gasteiger partial charge in [-0.2, -0.15) is 0 Å². The number of fused-ring (bicyclic) bond motifs is 3. The van der Waals surface area contributed by atoms with Crippen molar-refractivity contribution in [2.24, 2.45) is 11.8 Å². The maximum absolute atomic E-state index is 9.99. The van der Waals surface area contributed by atoms with Crippen LogP contribution in [0, 0.1) is 11.8 Å². The van der Waals surface area contributed by atoms with Gasteiger partial charge in [-0.3, -0.25) is 0 Å². The van der Waals surface area contributed by atoms with Crippen molar-refractivity contribution in [3.05, 3.63) is 58.7 Å². The highest BCUT2D eigenvalue weighted by Gasteiger charge is 2.45. The van der Waals surface area contributed by atoms with E-state index in [2.05, 4.69) is 64.1 Å². The molecule has 2 aromatic carbocycles. The lowest BCUT2D eigenvalue weighted by atomic mass is 9.65. The van der Waals surface area contributed by atoms with Crippen LogP contribution in [0.5, 0.6) is 0 Å².